The molecule has 0 aromatic carbocycles. The summed E-state index contributed by atoms with van der Waals surface area (Å²) < 4.78 is 0. The number of aliphatic hydroxyl groups is 1. The summed E-state index contributed by atoms with van der Waals surface area (Å²) in [6, 6.07) is 0.221. The molecule has 1 rings (SSSR count). The number of nitrogens with zero attached hydrogens (tertiary/aromatic N) is 1. The summed E-state index contributed by atoms with van der Waals surface area (Å²) in [5.74, 6) is 0.195. The van der Waals surface area contributed by atoms with Crippen molar-refractivity contribution in [2.24, 2.45) is 11.1 Å². The van der Waals surface area contributed by atoms with Gasteiger partial charge in [0.1, 0.15) is 0 Å². The van der Waals surface area contributed by atoms with Gasteiger partial charge in [0.15, 0.2) is 0 Å². The van der Waals surface area contributed by atoms with Gasteiger partial charge in [-0.05, 0) is 38.6 Å². The van der Waals surface area contributed by atoms with Crippen molar-refractivity contribution in [2.45, 2.75) is 52.0 Å². The number of likely N-dealkylation sites (tertiary alicyclic amines) is 1. The molecule has 0 radical (unpaired) electrons. The summed E-state index contributed by atoms with van der Waals surface area (Å²) in [7, 11) is 0. The average molecular weight is 242 g/mol. The molecule has 1 aliphatic heterocycles. The van der Waals surface area contributed by atoms with Gasteiger partial charge in [0.05, 0.1) is 0 Å². The third kappa shape index (κ3) is 3.68. The SMILES string of the molecule is CC(C)(CCN)C(=O)N1CCCCC1CCO. The minimum absolute atomic E-state index is 0.158. The molecule has 0 spiro atoms. The van der Waals surface area contributed by atoms with Crippen LogP contribution >= 0.6 is 0 Å². The van der Waals surface area contributed by atoms with E-state index < -0.39 is 0 Å². The molecular formula is C13H26N2O2. The maximum absolute atomic E-state index is 12.5. The van der Waals surface area contributed by atoms with E-state index in [-0.39, 0.29) is 24.0 Å². The minimum atomic E-state index is -0.375. The standard InChI is InChI=1S/C13H26N2O2/c1-13(2,7-8-14)12(17)15-9-4-3-5-11(15)6-10-16/h11,16H,3-10,14H2,1-2H3. The van der Waals surface area contributed by atoms with Gasteiger partial charge in [0.25, 0.3) is 0 Å². The molecule has 0 aromatic rings. The van der Waals surface area contributed by atoms with Gasteiger partial charge in [-0.15, -0.1) is 0 Å². The second kappa shape index (κ2) is 6.36. The first-order valence-electron chi connectivity index (χ1n) is 6.65. The average Bonchev–Trinajstić information content (AvgIpc) is 2.29. The molecule has 0 bridgehead atoms. The van der Waals surface area contributed by atoms with Crippen LogP contribution in [0.2, 0.25) is 0 Å². The number of carbonyl (C=O) groups excluding carboxylic acids is 1. The lowest BCUT2D eigenvalue weighted by Crippen LogP contribution is -2.49. The molecule has 1 aliphatic rings. The van der Waals surface area contributed by atoms with Crippen LogP contribution in [0.5, 0.6) is 0 Å². The maximum Gasteiger partial charge on any atom is 0.228 e. The molecule has 1 atom stereocenters. The molecule has 0 aromatic heterocycles. The van der Waals surface area contributed by atoms with E-state index >= 15 is 0 Å². The number of rotatable bonds is 5. The van der Waals surface area contributed by atoms with Crippen LogP contribution in [-0.2, 0) is 4.79 Å². The van der Waals surface area contributed by atoms with Gasteiger partial charge in [-0.25, -0.2) is 0 Å². The van der Waals surface area contributed by atoms with E-state index in [1.807, 2.05) is 18.7 Å². The predicted octanol–water partition coefficient (Wildman–Crippen LogP) is 1.12. The Kier molecular flexibility index (Phi) is 5.40. The summed E-state index contributed by atoms with van der Waals surface area (Å²) >= 11 is 0. The molecule has 3 N–H and O–H groups in total. The monoisotopic (exact) mass is 242 g/mol. The molecule has 1 saturated heterocycles. The molecule has 17 heavy (non-hydrogen) atoms. The van der Waals surface area contributed by atoms with Gasteiger partial charge in [-0.2, -0.15) is 0 Å². The van der Waals surface area contributed by atoms with Crippen molar-refractivity contribution < 1.29 is 9.90 Å². The largest absolute Gasteiger partial charge is 0.396 e. The van der Waals surface area contributed by atoms with E-state index in [0.717, 1.165) is 25.8 Å². The Labute approximate surface area is 104 Å². The molecule has 1 fully saturated rings. The van der Waals surface area contributed by atoms with Crippen LogP contribution in [0.1, 0.15) is 46.0 Å². The topological polar surface area (TPSA) is 66.6 Å². The fraction of sp³-hybridized carbons (Fsp3) is 0.923. The molecule has 0 aliphatic carbocycles. The zero-order chi connectivity index (χ0) is 12.9. The first-order valence-corrected chi connectivity index (χ1v) is 6.65. The zero-order valence-corrected chi connectivity index (χ0v) is 11.1. The highest BCUT2D eigenvalue weighted by Gasteiger charge is 2.35. The first-order chi connectivity index (χ1) is 8.03. The van der Waals surface area contributed by atoms with Crippen LogP contribution in [0.25, 0.3) is 0 Å². The van der Waals surface area contributed by atoms with Crippen LogP contribution in [-0.4, -0.2) is 41.7 Å². The summed E-state index contributed by atoms with van der Waals surface area (Å²) in [5, 5.41) is 9.07. The minimum Gasteiger partial charge on any atom is -0.396 e. The molecular weight excluding hydrogens is 216 g/mol. The summed E-state index contributed by atoms with van der Waals surface area (Å²) in [4.78, 5) is 14.5. The summed E-state index contributed by atoms with van der Waals surface area (Å²) in [6.07, 6.45) is 4.67. The Morgan fingerprint density at radius 1 is 1.47 bits per heavy atom. The highest BCUT2D eigenvalue weighted by atomic mass is 16.3. The lowest BCUT2D eigenvalue weighted by atomic mass is 9.85. The first kappa shape index (κ1) is 14.5. The number of nitrogens with two attached hydrogens (primary N) is 1. The molecule has 1 heterocycles. The van der Waals surface area contributed by atoms with E-state index in [0.29, 0.717) is 19.4 Å². The van der Waals surface area contributed by atoms with Gasteiger partial charge >= 0.3 is 0 Å². The second-order valence-corrected chi connectivity index (χ2v) is 5.58. The Hall–Kier alpha value is -0.610. The van der Waals surface area contributed by atoms with Gasteiger partial charge < -0.3 is 15.7 Å². The summed E-state index contributed by atoms with van der Waals surface area (Å²) in [5.41, 5.74) is 5.19. The molecule has 0 saturated carbocycles. The van der Waals surface area contributed by atoms with Crippen LogP contribution in [0.4, 0.5) is 0 Å². The number of hydrogen-bond acceptors (Lipinski definition) is 3. The van der Waals surface area contributed by atoms with E-state index in [2.05, 4.69) is 0 Å². The van der Waals surface area contributed by atoms with Crippen molar-refractivity contribution >= 4 is 5.91 Å². The third-order valence-corrected chi connectivity index (χ3v) is 3.70. The Morgan fingerprint density at radius 3 is 2.76 bits per heavy atom. The highest BCUT2D eigenvalue weighted by Crippen LogP contribution is 2.28. The lowest BCUT2D eigenvalue weighted by Gasteiger charge is -2.40. The highest BCUT2D eigenvalue weighted by molar-refractivity contribution is 5.82. The van der Waals surface area contributed by atoms with E-state index in [1.165, 1.54) is 0 Å². The number of amides is 1. The normalized spacial score (nSPS) is 21.6. The quantitative estimate of drug-likeness (QED) is 0.759. The second-order valence-electron chi connectivity index (χ2n) is 5.58. The maximum atomic E-state index is 12.5. The summed E-state index contributed by atoms with van der Waals surface area (Å²) in [6.45, 7) is 5.46. The smallest absolute Gasteiger partial charge is 0.228 e. The number of carbonyl (C=O) groups is 1. The Morgan fingerprint density at radius 2 is 2.18 bits per heavy atom. The zero-order valence-electron chi connectivity index (χ0n) is 11.1. The van der Waals surface area contributed by atoms with Crippen LogP contribution in [0, 0.1) is 5.41 Å². The van der Waals surface area contributed by atoms with Gasteiger partial charge in [-0.1, -0.05) is 13.8 Å². The molecule has 100 valence electrons. The van der Waals surface area contributed by atoms with Gasteiger partial charge in [-0.3, -0.25) is 4.79 Å². The third-order valence-electron chi connectivity index (χ3n) is 3.70. The van der Waals surface area contributed by atoms with Crippen LogP contribution < -0.4 is 5.73 Å². The van der Waals surface area contributed by atoms with Crippen molar-refractivity contribution in [3.63, 3.8) is 0 Å². The molecule has 4 nitrogen and oxygen atoms in total. The van der Waals surface area contributed by atoms with Crippen LogP contribution in [0.3, 0.4) is 0 Å². The van der Waals surface area contributed by atoms with E-state index in [4.69, 9.17) is 10.8 Å². The Balaban J connectivity index is 2.70. The van der Waals surface area contributed by atoms with Crippen molar-refractivity contribution in [3.05, 3.63) is 0 Å². The number of hydrogen-bond donors (Lipinski definition) is 2. The predicted molar refractivity (Wildman–Crippen MR) is 68.5 cm³/mol. The van der Waals surface area contributed by atoms with E-state index in [1.54, 1.807) is 0 Å². The van der Waals surface area contributed by atoms with Gasteiger partial charge in [0, 0.05) is 24.6 Å². The molecule has 1 amide bonds. The fourth-order valence-electron chi connectivity index (χ4n) is 2.57. The Bertz CT molecular complexity index is 252. The van der Waals surface area contributed by atoms with Crippen molar-refractivity contribution in [1.29, 1.82) is 0 Å². The van der Waals surface area contributed by atoms with Crippen molar-refractivity contribution in [2.75, 3.05) is 19.7 Å². The number of piperidine rings is 1. The number of aliphatic hydroxyl groups excluding tert-OH is 1. The van der Waals surface area contributed by atoms with Crippen molar-refractivity contribution in [3.8, 4) is 0 Å². The van der Waals surface area contributed by atoms with Crippen LogP contribution in [0.15, 0.2) is 0 Å². The van der Waals surface area contributed by atoms with Gasteiger partial charge in [0.2, 0.25) is 5.91 Å². The van der Waals surface area contributed by atoms with Crippen molar-refractivity contribution in [1.82, 2.24) is 4.90 Å². The molecule has 4 heteroatoms. The molecule has 1 unspecified atom stereocenters. The van der Waals surface area contributed by atoms with E-state index in [9.17, 15) is 4.79 Å². The lowest BCUT2D eigenvalue weighted by molar-refractivity contribution is -0.144. The fourth-order valence-corrected chi connectivity index (χ4v) is 2.57.